The van der Waals surface area contributed by atoms with E-state index < -0.39 is 12.0 Å². The molecule has 0 bridgehead atoms. The Morgan fingerprint density at radius 3 is 2.81 bits per heavy atom. The van der Waals surface area contributed by atoms with Crippen LogP contribution in [0.2, 0.25) is 0 Å². The van der Waals surface area contributed by atoms with Gasteiger partial charge in [-0.05, 0) is 11.1 Å². The van der Waals surface area contributed by atoms with Crippen LogP contribution in [0.5, 0.6) is 0 Å². The Bertz CT molecular complexity index is 387. The van der Waals surface area contributed by atoms with Gasteiger partial charge in [-0.2, -0.15) is 0 Å². The molecule has 2 N–H and O–H groups in total. The summed E-state index contributed by atoms with van der Waals surface area (Å²) in [6, 6.07) is 8.35. The maximum Gasteiger partial charge on any atom is 0.323 e. The number of nitrogens with two attached hydrogens (primary N) is 1. The zero-order valence-electron chi connectivity index (χ0n) is 8.61. The van der Waals surface area contributed by atoms with Crippen molar-refractivity contribution in [2.75, 3.05) is 6.54 Å². The van der Waals surface area contributed by atoms with Crippen LogP contribution in [0.3, 0.4) is 0 Å². The lowest BCUT2D eigenvalue weighted by atomic mass is 10.2. The highest BCUT2D eigenvalue weighted by molar-refractivity contribution is 5.75. The van der Waals surface area contributed by atoms with Crippen LogP contribution in [0.15, 0.2) is 35.4 Å². The largest absolute Gasteiger partial charge is 0.460 e. The fourth-order valence-electron chi connectivity index (χ4n) is 1.03. The van der Waals surface area contributed by atoms with Gasteiger partial charge in [0.15, 0.2) is 0 Å². The quantitative estimate of drug-likeness (QED) is 0.351. The third-order valence-electron chi connectivity index (χ3n) is 1.87. The van der Waals surface area contributed by atoms with Crippen molar-refractivity contribution >= 4 is 5.97 Å². The molecule has 6 heteroatoms. The van der Waals surface area contributed by atoms with Crippen molar-refractivity contribution in [1.82, 2.24) is 0 Å². The lowest BCUT2D eigenvalue weighted by molar-refractivity contribution is -0.146. The van der Waals surface area contributed by atoms with Crippen molar-refractivity contribution in [1.29, 1.82) is 0 Å². The molecule has 0 saturated heterocycles. The van der Waals surface area contributed by atoms with E-state index >= 15 is 0 Å². The summed E-state index contributed by atoms with van der Waals surface area (Å²) in [6.45, 7) is 0.0771. The van der Waals surface area contributed by atoms with E-state index in [1.54, 1.807) is 0 Å². The fourth-order valence-corrected chi connectivity index (χ4v) is 1.03. The first-order valence-electron chi connectivity index (χ1n) is 4.71. The van der Waals surface area contributed by atoms with E-state index in [-0.39, 0.29) is 13.2 Å². The van der Waals surface area contributed by atoms with Crippen LogP contribution in [0, 0.1) is 0 Å². The van der Waals surface area contributed by atoms with Crippen LogP contribution in [0.1, 0.15) is 5.56 Å². The van der Waals surface area contributed by atoms with Crippen LogP contribution in [-0.2, 0) is 16.1 Å². The molecule has 0 aliphatic heterocycles. The van der Waals surface area contributed by atoms with E-state index in [0.717, 1.165) is 5.56 Å². The summed E-state index contributed by atoms with van der Waals surface area (Å²) in [4.78, 5) is 13.8. The second-order valence-corrected chi connectivity index (χ2v) is 3.11. The summed E-state index contributed by atoms with van der Waals surface area (Å²) in [7, 11) is 0. The van der Waals surface area contributed by atoms with Crippen molar-refractivity contribution in [2.24, 2.45) is 10.8 Å². The number of hydrogen-bond acceptors (Lipinski definition) is 4. The van der Waals surface area contributed by atoms with Crippen molar-refractivity contribution < 1.29 is 9.53 Å². The molecule has 0 heterocycles. The average Bonchev–Trinajstić information content (AvgIpc) is 2.34. The van der Waals surface area contributed by atoms with Gasteiger partial charge in [0.25, 0.3) is 0 Å². The molecule has 1 atom stereocenters. The van der Waals surface area contributed by atoms with E-state index in [1.807, 2.05) is 30.3 Å². The molecular formula is C10H12N4O2. The summed E-state index contributed by atoms with van der Waals surface area (Å²) < 4.78 is 4.94. The predicted molar refractivity (Wildman–Crippen MR) is 58.2 cm³/mol. The monoisotopic (exact) mass is 220 g/mol. The Kier molecular flexibility index (Phi) is 4.85. The minimum Gasteiger partial charge on any atom is -0.460 e. The lowest BCUT2D eigenvalue weighted by Crippen LogP contribution is -2.34. The zero-order valence-corrected chi connectivity index (χ0v) is 8.61. The summed E-state index contributed by atoms with van der Waals surface area (Å²) in [5.74, 6) is -0.573. The van der Waals surface area contributed by atoms with Crippen LogP contribution in [-0.4, -0.2) is 18.6 Å². The molecule has 0 fully saturated rings. The standard InChI is InChI=1S/C10H12N4O2/c11-9(6-13-14-12)10(15)16-7-8-4-2-1-3-5-8/h1-5,9H,6-7,11H2/t9-/m0/s1. The van der Waals surface area contributed by atoms with Crippen molar-refractivity contribution in [2.45, 2.75) is 12.6 Å². The Hall–Kier alpha value is -2.04. The first kappa shape index (κ1) is 12.0. The van der Waals surface area contributed by atoms with E-state index in [4.69, 9.17) is 16.0 Å². The molecule has 0 spiro atoms. The molecule has 0 amide bonds. The fraction of sp³-hybridized carbons (Fsp3) is 0.300. The van der Waals surface area contributed by atoms with E-state index in [1.165, 1.54) is 0 Å². The minimum absolute atomic E-state index is 0.0931. The van der Waals surface area contributed by atoms with Gasteiger partial charge in [-0.25, -0.2) is 0 Å². The van der Waals surface area contributed by atoms with Crippen molar-refractivity contribution in [3.05, 3.63) is 46.3 Å². The Balaban J connectivity index is 2.38. The molecule has 0 unspecified atom stereocenters. The van der Waals surface area contributed by atoms with Gasteiger partial charge in [-0.3, -0.25) is 4.79 Å². The Morgan fingerprint density at radius 2 is 2.19 bits per heavy atom. The summed E-state index contributed by atoms with van der Waals surface area (Å²) >= 11 is 0. The highest BCUT2D eigenvalue weighted by Gasteiger charge is 2.13. The number of carbonyl (C=O) groups excluding carboxylic acids is 1. The Labute approximate surface area is 92.6 Å². The minimum atomic E-state index is -0.903. The third-order valence-corrected chi connectivity index (χ3v) is 1.87. The third kappa shape index (κ3) is 4.00. The van der Waals surface area contributed by atoms with Gasteiger partial charge in [0.05, 0.1) is 6.54 Å². The molecule has 1 rings (SSSR count). The number of azide groups is 1. The Morgan fingerprint density at radius 1 is 1.50 bits per heavy atom. The first-order chi connectivity index (χ1) is 7.74. The molecule has 0 radical (unpaired) electrons. The van der Waals surface area contributed by atoms with Gasteiger partial charge in [-0.15, -0.1) is 0 Å². The second-order valence-electron chi connectivity index (χ2n) is 3.11. The molecule has 0 aliphatic rings. The number of rotatable bonds is 5. The van der Waals surface area contributed by atoms with Gasteiger partial charge in [0.2, 0.25) is 0 Å². The van der Waals surface area contributed by atoms with E-state index in [9.17, 15) is 4.79 Å². The molecule has 6 nitrogen and oxygen atoms in total. The van der Waals surface area contributed by atoms with Gasteiger partial charge >= 0.3 is 5.97 Å². The lowest BCUT2D eigenvalue weighted by Gasteiger charge is -2.08. The first-order valence-corrected chi connectivity index (χ1v) is 4.71. The van der Waals surface area contributed by atoms with Crippen molar-refractivity contribution in [3.8, 4) is 0 Å². The smallest absolute Gasteiger partial charge is 0.323 e. The number of esters is 1. The highest BCUT2D eigenvalue weighted by atomic mass is 16.5. The maximum absolute atomic E-state index is 11.3. The number of hydrogen-bond donors (Lipinski definition) is 1. The van der Waals surface area contributed by atoms with Crippen molar-refractivity contribution in [3.63, 3.8) is 0 Å². The summed E-state index contributed by atoms with van der Waals surface area (Å²) in [5, 5.41) is 3.20. The van der Waals surface area contributed by atoms with Crippen LogP contribution < -0.4 is 5.73 Å². The topological polar surface area (TPSA) is 101 Å². The summed E-state index contributed by atoms with van der Waals surface area (Å²) in [6.07, 6.45) is 0. The SMILES string of the molecule is [N-]=[N+]=NC[C@H](N)C(=O)OCc1ccccc1. The van der Waals surface area contributed by atoms with Crippen LogP contribution >= 0.6 is 0 Å². The molecule has 0 saturated carbocycles. The molecule has 0 aliphatic carbocycles. The summed E-state index contributed by atoms with van der Waals surface area (Å²) in [5.41, 5.74) is 14.4. The number of nitrogens with zero attached hydrogens (tertiary/aromatic N) is 3. The molecule has 0 aromatic heterocycles. The van der Waals surface area contributed by atoms with E-state index in [0.29, 0.717) is 0 Å². The predicted octanol–water partition coefficient (Wildman–Crippen LogP) is 1.37. The molecule has 84 valence electrons. The molecule has 16 heavy (non-hydrogen) atoms. The maximum atomic E-state index is 11.3. The van der Waals surface area contributed by atoms with Gasteiger partial charge < -0.3 is 10.5 Å². The van der Waals surface area contributed by atoms with Crippen LogP contribution in [0.4, 0.5) is 0 Å². The second kappa shape index (κ2) is 6.44. The van der Waals surface area contributed by atoms with Crippen LogP contribution in [0.25, 0.3) is 10.4 Å². The number of ether oxygens (including phenoxy) is 1. The van der Waals surface area contributed by atoms with Gasteiger partial charge in [-0.1, -0.05) is 35.4 Å². The molecule has 1 aromatic carbocycles. The number of benzene rings is 1. The van der Waals surface area contributed by atoms with Gasteiger partial charge in [0.1, 0.15) is 12.6 Å². The average molecular weight is 220 g/mol. The molecule has 1 aromatic rings. The highest BCUT2D eigenvalue weighted by Crippen LogP contribution is 2.01. The zero-order chi connectivity index (χ0) is 11.8. The normalized spacial score (nSPS) is 11.3. The van der Waals surface area contributed by atoms with E-state index in [2.05, 4.69) is 10.0 Å². The van der Waals surface area contributed by atoms with Gasteiger partial charge in [0, 0.05) is 4.91 Å². The number of carbonyl (C=O) groups is 1. The molecular weight excluding hydrogens is 208 g/mol.